The second-order valence-electron chi connectivity index (χ2n) is 5.66. The van der Waals surface area contributed by atoms with Crippen LogP contribution in [0.25, 0.3) is 0 Å². The smallest absolute Gasteiger partial charge is 0.303 e. The molecule has 7 heteroatoms. The van der Waals surface area contributed by atoms with E-state index in [1.54, 1.807) is 6.20 Å². The van der Waals surface area contributed by atoms with Crippen molar-refractivity contribution in [2.45, 2.75) is 31.2 Å². The molecule has 0 saturated carbocycles. The number of aliphatic carboxylic acids is 1. The molecule has 110 valence electrons. The standard InChI is InChI=1S/C13H20N4O3/c18-13(19)5-9-7-17(10-1-3-20-4-2-10)8-11(9)12-6-14-16-15-12/h6,9-11H,1-5,7-8H2,(H,18,19)(H,14,15,16)/t9-,11+/m0/s1. The van der Waals surface area contributed by atoms with Gasteiger partial charge in [-0.1, -0.05) is 0 Å². The number of nitrogens with one attached hydrogen (secondary N) is 1. The van der Waals surface area contributed by atoms with Gasteiger partial charge in [-0.25, -0.2) is 0 Å². The minimum absolute atomic E-state index is 0.112. The summed E-state index contributed by atoms with van der Waals surface area (Å²) >= 11 is 0. The zero-order valence-electron chi connectivity index (χ0n) is 11.4. The number of carboxylic acids is 1. The molecule has 2 fully saturated rings. The predicted molar refractivity (Wildman–Crippen MR) is 70.3 cm³/mol. The van der Waals surface area contributed by atoms with Crippen LogP contribution >= 0.6 is 0 Å². The Labute approximate surface area is 117 Å². The molecule has 2 atom stereocenters. The average molecular weight is 280 g/mol. The van der Waals surface area contributed by atoms with Crippen LogP contribution in [-0.2, 0) is 9.53 Å². The van der Waals surface area contributed by atoms with Crippen molar-refractivity contribution in [1.82, 2.24) is 20.3 Å². The van der Waals surface area contributed by atoms with Crippen LogP contribution in [0.5, 0.6) is 0 Å². The fraction of sp³-hybridized carbons (Fsp3) is 0.769. The Kier molecular flexibility index (Phi) is 3.98. The highest BCUT2D eigenvalue weighted by atomic mass is 16.5. The summed E-state index contributed by atoms with van der Waals surface area (Å²) < 4.78 is 5.40. The molecule has 0 unspecified atom stereocenters. The maximum atomic E-state index is 11.1. The summed E-state index contributed by atoms with van der Waals surface area (Å²) in [6, 6.07) is 0.511. The predicted octanol–water partition coefficient (Wildman–Crippen LogP) is 0.474. The highest BCUT2D eigenvalue weighted by molar-refractivity contribution is 5.67. The summed E-state index contributed by atoms with van der Waals surface area (Å²) in [5, 5.41) is 19.7. The van der Waals surface area contributed by atoms with Crippen LogP contribution in [0.1, 0.15) is 30.9 Å². The fourth-order valence-electron chi connectivity index (χ4n) is 3.41. The summed E-state index contributed by atoms with van der Waals surface area (Å²) in [5.41, 5.74) is 0.880. The van der Waals surface area contributed by atoms with Crippen molar-refractivity contribution in [1.29, 1.82) is 0 Å². The molecule has 0 amide bonds. The van der Waals surface area contributed by atoms with E-state index in [0.717, 1.165) is 44.8 Å². The molecule has 1 aromatic heterocycles. The summed E-state index contributed by atoms with van der Waals surface area (Å²) in [5.74, 6) is -0.467. The van der Waals surface area contributed by atoms with Crippen LogP contribution in [0.3, 0.4) is 0 Å². The van der Waals surface area contributed by atoms with Gasteiger partial charge in [-0.15, -0.1) is 0 Å². The highest BCUT2D eigenvalue weighted by Crippen LogP contribution is 2.35. The van der Waals surface area contributed by atoms with Crippen LogP contribution in [-0.4, -0.2) is 63.7 Å². The molecule has 3 heterocycles. The molecule has 1 aromatic rings. The number of aromatic nitrogens is 3. The number of likely N-dealkylation sites (tertiary alicyclic amines) is 1. The quantitative estimate of drug-likeness (QED) is 0.833. The second-order valence-corrected chi connectivity index (χ2v) is 5.66. The van der Waals surface area contributed by atoms with E-state index in [0.29, 0.717) is 6.04 Å². The monoisotopic (exact) mass is 280 g/mol. The van der Waals surface area contributed by atoms with Gasteiger partial charge in [0, 0.05) is 38.3 Å². The number of H-pyrrole nitrogens is 1. The summed E-state index contributed by atoms with van der Waals surface area (Å²) in [6.45, 7) is 3.31. The third-order valence-electron chi connectivity index (χ3n) is 4.43. The molecular formula is C13H20N4O3. The Hall–Kier alpha value is -1.47. The number of aromatic amines is 1. The molecule has 2 aliphatic rings. The van der Waals surface area contributed by atoms with Gasteiger partial charge in [-0.3, -0.25) is 9.69 Å². The Balaban J connectivity index is 1.72. The molecule has 2 saturated heterocycles. The van der Waals surface area contributed by atoms with Crippen molar-refractivity contribution in [2.24, 2.45) is 5.92 Å². The normalized spacial score (nSPS) is 28.8. The molecule has 3 rings (SSSR count). The van der Waals surface area contributed by atoms with Crippen molar-refractivity contribution >= 4 is 5.97 Å². The highest BCUT2D eigenvalue weighted by Gasteiger charge is 2.39. The molecule has 7 nitrogen and oxygen atoms in total. The first-order valence-corrected chi connectivity index (χ1v) is 7.13. The van der Waals surface area contributed by atoms with E-state index in [9.17, 15) is 4.79 Å². The van der Waals surface area contributed by atoms with Crippen molar-refractivity contribution < 1.29 is 14.6 Å². The van der Waals surface area contributed by atoms with Crippen LogP contribution in [0.2, 0.25) is 0 Å². The fourth-order valence-corrected chi connectivity index (χ4v) is 3.41. The SMILES string of the molecule is O=C(O)C[C@H]1CN(C2CCOCC2)C[C@H]1c1cn[nH]n1. The third-order valence-corrected chi connectivity index (χ3v) is 4.43. The average Bonchev–Trinajstić information content (AvgIpc) is 3.08. The van der Waals surface area contributed by atoms with Gasteiger partial charge in [0.2, 0.25) is 0 Å². The van der Waals surface area contributed by atoms with Crippen LogP contribution in [0.4, 0.5) is 0 Å². The summed E-state index contributed by atoms with van der Waals surface area (Å²) in [4.78, 5) is 13.5. The molecular weight excluding hydrogens is 260 g/mol. The van der Waals surface area contributed by atoms with E-state index < -0.39 is 5.97 Å². The van der Waals surface area contributed by atoms with Crippen molar-refractivity contribution in [2.75, 3.05) is 26.3 Å². The second kappa shape index (κ2) is 5.88. The number of carbonyl (C=O) groups is 1. The van der Waals surface area contributed by atoms with E-state index in [2.05, 4.69) is 20.3 Å². The molecule has 0 aliphatic carbocycles. The van der Waals surface area contributed by atoms with Crippen molar-refractivity contribution in [3.05, 3.63) is 11.9 Å². The zero-order chi connectivity index (χ0) is 13.9. The van der Waals surface area contributed by atoms with Gasteiger partial charge < -0.3 is 9.84 Å². The Morgan fingerprint density at radius 1 is 1.45 bits per heavy atom. The Morgan fingerprint density at radius 3 is 2.90 bits per heavy atom. The lowest BCUT2D eigenvalue weighted by atomic mass is 9.91. The lowest BCUT2D eigenvalue weighted by Crippen LogP contribution is -2.38. The Bertz CT molecular complexity index is 444. The lowest BCUT2D eigenvalue weighted by Gasteiger charge is -2.31. The van der Waals surface area contributed by atoms with Crippen LogP contribution in [0, 0.1) is 5.92 Å². The van der Waals surface area contributed by atoms with E-state index in [1.165, 1.54) is 0 Å². The topological polar surface area (TPSA) is 91.3 Å². The number of ether oxygens (including phenoxy) is 1. The first kappa shape index (κ1) is 13.5. The van der Waals surface area contributed by atoms with Gasteiger partial charge >= 0.3 is 5.97 Å². The van der Waals surface area contributed by atoms with Gasteiger partial charge in [0.05, 0.1) is 18.3 Å². The summed E-state index contributed by atoms with van der Waals surface area (Å²) in [7, 11) is 0. The minimum atomic E-state index is -0.739. The van der Waals surface area contributed by atoms with E-state index in [-0.39, 0.29) is 18.3 Å². The number of hydrogen-bond donors (Lipinski definition) is 2. The molecule has 0 bridgehead atoms. The van der Waals surface area contributed by atoms with Crippen LogP contribution < -0.4 is 0 Å². The zero-order valence-corrected chi connectivity index (χ0v) is 11.4. The molecule has 0 spiro atoms. The Morgan fingerprint density at radius 2 is 2.25 bits per heavy atom. The van der Waals surface area contributed by atoms with E-state index in [4.69, 9.17) is 9.84 Å². The van der Waals surface area contributed by atoms with Gasteiger partial charge in [-0.05, 0) is 18.8 Å². The van der Waals surface area contributed by atoms with Gasteiger partial charge in [0.25, 0.3) is 0 Å². The van der Waals surface area contributed by atoms with E-state index >= 15 is 0 Å². The number of rotatable bonds is 4. The molecule has 2 N–H and O–H groups in total. The van der Waals surface area contributed by atoms with Crippen LogP contribution in [0.15, 0.2) is 6.20 Å². The maximum Gasteiger partial charge on any atom is 0.303 e. The lowest BCUT2D eigenvalue weighted by molar-refractivity contribution is -0.138. The minimum Gasteiger partial charge on any atom is -0.481 e. The molecule has 20 heavy (non-hydrogen) atoms. The molecule has 0 aromatic carbocycles. The largest absolute Gasteiger partial charge is 0.481 e. The van der Waals surface area contributed by atoms with Crippen molar-refractivity contribution in [3.8, 4) is 0 Å². The third kappa shape index (κ3) is 2.83. The maximum absolute atomic E-state index is 11.1. The van der Waals surface area contributed by atoms with Gasteiger partial charge in [-0.2, -0.15) is 15.4 Å². The number of carboxylic acid groups (broad SMARTS) is 1. The van der Waals surface area contributed by atoms with Gasteiger partial charge in [0.1, 0.15) is 0 Å². The first-order chi connectivity index (χ1) is 9.74. The molecule has 0 radical (unpaired) electrons. The summed E-state index contributed by atoms with van der Waals surface area (Å²) in [6.07, 6.45) is 3.97. The molecule has 2 aliphatic heterocycles. The van der Waals surface area contributed by atoms with Gasteiger partial charge in [0.15, 0.2) is 0 Å². The number of hydrogen-bond acceptors (Lipinski definition) is 5. The first-order valence-electron chi connectivity index (χ1n) is 7.13. The number of nitrogens with zero attached hydrogens (tertiary/aromatic N) is 3. The van der Waals surface area contributed by atoms with E-state index in [1.807, 2.05) is 0 Å². The van der Waals surface area contributed by atoms with Crippen molar-refractivity contribution in [3.63, 3.8) is 0 Å².